The van der Waals surface area contributed by atoms with Crippen molar-refractivity contribution >= 4 is 33.6 Å². The van der Waals surface area contributed by atoms with Gasteiger partial charge in [0.1, 0.15) is 5.82 Å². The van der Waals surface area contributed by atoms with Crippen molar-refractivity contribution in [2.24, 2.45) is 0 Å². The fraction of sp³-hybridized carbons (Fsp3) is 0.190. The summed E-state index contributed by atoms with van der Waals surface area (Å²) in [5.41, 5.74) is 10.3. The average Bonchev–Trinajstić information content (AvgIpc) is 3.53. The zero-order valence-corrected chi connectivity index (χ0v) is 16.2. The molecule has 5 aromatic rings. The summed E-state index contributed by atoms with van der Waals surface area (Å²) >= 11 is 0. The maximum absolute atomic E-state index is 6.40. The number of hydrogen-bond donors (Lipinski definition) is 3. The molecule has 6 rings (SSSR count). The van der Waals surface area contributed by atoms with E-state index in [1.165, 1.54) is 0 Å². The van der Waals surface area contributed by atoms with E-state index in [1.54, 1.807) is 10.9 Å². The van der Waals surface area contributed by atoms with Crippen LogP contribution in [-0.4, -0.2) is 56.2 Å². The minimum Gasteiger partial charge on any atom is -0.382 e. The van der Waals surface area contributed by atoms with Gasteiger partial charge in [-0.25, -0.2) is 4.98 Å². The molecule has 1 fully saturated rings. The van der Waals surface area contributed by atoms with Gasteiger partial charge in [-0.05, 0) is 35.2 Å². The molecule has 1 aliphatic rings. The molecule has 0 amide bonds. The van der Waals surface area contributed by atoms with Crippen LogP contribution in [0.2, 0.25) is 0 Å². The molecule has 1 aliphatic heterocycles. The van der Waals surface area contributed by atoms with Crippen LogP contribution >= 0.6 is 0 Å². The van der Waals surface area contributed by atoms with Crippen molar-refractivity contribution in [2.75, 3.05) is 36.9 Å². The monoisotopic (exact) mass is 400 g/mol. The number of aromatic nitrogens is 6. The zero-order valence-electron chi connectivity index (χ0n) is 16.2. The Morgan fingerprint density at radius 1 is 1.07 bits per heavy atom. The third-order valence-corrected chi connectivity index (χ3v) is 5.56. The molecule has 9 nitrogen and oxygen atoms in total. The lowest BCUT2D eigenvalue weighted by Gasteiger charge is -2.28. The molecule has 0 spiro atoms. The molecule has 0 atom stereocenters. The third-order valence-electron chi connectivity index (χ3n) is 5.56. The first-order valence-corrected chi connectivity index (χ1v) is 9.87. The van der Waals surface area contributed by atoms with Crippen molar-refractivity contribution in [2.45, 2.75) is 0 Å². The first kappa shape index (κ1) is 17.0. The van der Waals surface area contributed by atoms with E-state index in [0.717, 1.165) is 52.1 Å². The Kier molecular flexibility index (Phi) is 3.75. The van der Waals surface area contributed by atoms with Gasteiger partial charge in [-0.15, -0.1) is 5.10 Å². The van der Waals surface area contributed by atoms with Crippen molar-refractivity contribution < 1.29 is 4.74 Å². The number of hydrogen-bond acceptors (Lipinski definition) is 6. The topological polar surface area (TPSA) is 114 Å². The number of aromatic amines is 2. The largest absolute Gasteiger partial charge is 0.382 e. The normalized spacial score (nSPS) is 14.7. The minimum absolute atomic E-state index is 0.435. The number of morpholine rings is 1. The summed E-state index contributed by atoms with van der Waals surface area (Å²) in [6.07, 6.45) is 3.63. The maximum atomic E-state index is 6.40. The SMILES string of the molecule is Nc1nn(-c2ccn[nH]2)c2nc(N3CCOCC3)cc(-c3ccc4[nH]ccc4c3)c12. The highest BCUT2D eigenvalue weighted by molar-refractivity contribution is 6.03. The number of ether oxygens (including phenoxy) is 1. The van der Waals surface area contributed by atoms with Gasteiger partial charge >= 0.3 is 0 Å². The van der Waals surface area contributed by atoms with E-state index < -0.39 is 0 Å². The summed E-state index contributed by atoms with van der Waals surface area (Å²) < 4.78 is 7.25. The number of H-pyrrole nitrogens is 2. The molecule has 9 heteroatoms. The van der Waals surface area contributed by atoms with E-state index in [1.807, 2.05) is 12.3 Å². The average molecular weight is 400 g/mol. The molecule has 0 aliphatic carbocycles. The second-order valence-corrected chi connectivity index (χ2v) is 7.34. The summed E-state index contributed by atoms with van der Waals surface area (Å²) in [6.45, 7) is 2.96. The second-order valence-electron chi connectivity index (χ2n) is 7.34. The Bertz CT molecular complexity index is 1340. The van der Waals surface area contributed by atoms with Gasteiger partial charge in [0, 0.05) is 36.4 Å². The lowest BCUT2D eigenvalue weighted by molar-refractivity contribution is 0.122. The van der Waals surface area contributed by atoms with Crippen LogP contribution < -0.4 is 10.6 Å². The Balaban J connectivity index is 1.63. The van der Waals surface area contributed by atoms with Crippen molar-refractivity contribution in [1.29, 1.82) is 0 Å². The molecule has 4 N–H and O–H groups in total. The van der Waals surface area contributed by atoms with Crippen molar-refractivity contribution in [1.82, 2.24) is 29.9 Å². The van der Waals surface area contributed by atoms with Gasteiger partial charge in [-0.3, -0.25) is 5.10 Å². The highest BCUT2D eigenvalue weighted by Gasteiger charge is 2.21. The highest BCUT2D eigenvalue weighted by atomic mass is 16.5. The lowest BCUT2D eigenvalue weighted by atomic mass is 10.0. The van der Waals surface area contributed by atoms with E-state index in [4.69, 9.17) is 15.5 Å². The lowest BCUT2D eigenvalue weighted by Crippen LogP contribution is -2.36. The van der Waals surface area contributed by atoms with Gasteiger partial charge in [0.25, 0.3) is 0 Å². The highest BCUT2D eigenvalue weighted by Crippen LogP contribution is 2.36. The fourth-order valence-corrected chi connectivity index (χ4v) is 4.07. The van der Waals surface area contributed by atoms with Crippen LogP contribution in [0.5, 0.6) is 0 Å². The number of benzene rings is 1. The van der Waals surface area contributed by atoms with Gasteiger partial charge in [-0.1, -0.05) is 6.07 Å². The number of nitrogen functional groups attached to an aromatic ring is 1. The zero-order chi connectivity index (χ0) is 20.1. The summed E-state index contributed by atoms with van der Waals surface area (Å²) in [5, 5.41) is 13.5. The van der Waals surface area contributed by atoms with E-state index >= 15 is 0 Å². The minimum atomic E-state index is 0.435. The van der Waals surface area contributed by atoms with Crippen LogP contribution in [0.15, 0.2) is 48.8 Å². The summed E-state index contributed by atoms with van der Waals surface area (Å²) in [4.78, 5) is 10.4. The number of pyridine rings is 1. The molecular weight excluding hydrogens is 380 g/mol. The van der Waals surface area contributed by atoms with Crippen molar-refractivity contribution in [3.8, 4) is 16.9 Å². The molecule has 1 saturated heterocycles. The van der Waals surface area contributed by atoms with E-state index in [9.17, 15) is 0 Å². The number of anilines is 2. The summed E-state index contributed by atoms with van der Waals surface area (Å²) in [7, 11) is 0. The Hall–Kier alpha value is -3.85. The molecule has 5 heterocycles. The molecule has 0 radical (unpaired) electrons. The number of nitrogens with one attached hydrogen (secondary N) is 2. The van der Waals surface area contributed by atoms with Gasteiger partial charge in [-0.2, -0.15) is 9.78 Å². The van der Waals surface area contributed by atoms with E-state index in [2.05, 4.69) is 55.5 Å². The van der Waals surface area contributed by atoms with Crippen LogP contribution in [0, 0.1) is 0 Å². The van der Waals surface area contributed by atoms with E-state index in [0.29, 0.717) is 24.7 Å². The Labute approximate surface area is 171 Å². The van der Waals surface area contributed by atoms with Crippen LogP contribution in [0.4, 0.5) is 11.6 Å². The standard InChI is InChI=1S/C21H20N8O/c22-20-19-15(13-1-2-16-14(11-13)3-5-23-16)12-18(28-7-9-30-10-8-28)25-21(19)29(27-20)17-4-6-24-26-17/h1-6,11-12,23H,7-10H2,(H2,22,27)(H,24,26). The van der Waals surface area contributed by atoms with Gasteiger partial charge in [0.15, 0.2) is 17.3 Å². The van der Waals surface area contributed by atoms with Gasteiger partial charge in [0.2, 0.25) is 0 Å². The first-order valence-electron chi connectivity index (χ1n) is 9.87. The molecule has 150 valence electrons. The summed E-state index contributed by atoms with van der Waals surface area (Å²) in [6, 6.07) is 12.4. The second kappa shape index (κ2) is 6.60. The smallest absolute Gasteiger partial charge is 0.169 e. The number of fused-ring (bicyclic) bond motifs is 2. The first-order chi connectivity index (χ1) is 14.8. The predicted molar refractivity (Wildman–Crippen MR) is 116 cm³/mol. The molecule has 4 aromatic heterocycles. The Morgan fingerprint density at radius 3 is 2.80 bits per heavy atom. The molecule has 30 heavy (non-hydrogen) atoms. The van der Waals surface area contributed by atoms with Crippen LogP contribution in [0.1, 0.15) is 0 Å². The van der Waals surface area contributed by atoms with Crippen molar-refractivity contribution in [3.05, 3.63) is 48.8 Å². The quantitative estimate of drug-likeness (QED) is 0.429. The number of nitrogens with two attached hydrogens (primary N) is 1. The number of nitrogens with zero attached hydrogens (tertiary/aromatic N) is 5. The van der Waals surface area contributed by atoms with Gasteiger partial charge in [0.05, 0.1) is 24.8 Å². The van der Waals surface area contributed by atoms with Crippen LogP contribution in [0.3, 0.4) is 0 Å². The van der Waals surface area contributed by atoms with Crippen LogP contribution in [0.25, 0.3) is 38.9 Å². The molecule has 1 aromatic carbocycles. The molecule has 0 unspecified atom stereocenters. The van der Waals surface area contributed by atoms with E-state index in [-0.39, 0.29) is 0 Å². The third kappa shape index (κ3) is 2.63. The summed E-state index contributed by atoms with van der Waals surface area (Å²) in [5.74, 6) is 2.04. The van der Waals surface area contributed by atoms with Crippen LogP contribution in [-0.2, 0) is 4.74 Å². The molecule has 0 bridgehead atoms. The molecule has 0 saturated carbocycles. The van der Waals surface area contributed by atoms with Gasteiger partial charge < -0.3 is 20.4 Å². The maximum Gasteiger partial charge on any atom is 0.169 e. The molecular formula is C21H20N8O. The Morgan fingerprint density at radius 2 is 1.97 bits per heavy atom. The van der Waals surface area contributed by atoms with Crippen molar-refractivity contribution in [3.63, 3.8) is 0 Å². The fourth-order valence-electron chi connectivity index (χ4n) is 4.07. The number of rotatable bonds is 3. The predicted octanol–water partition coefficient (Wildman–Crippen LogP) is 2.71.